The van der Waals surface area contributed by atoms with Crippen LogP contribution < -0.4 is 20.1 Å². The number of aromatic nitrogens is 2. The lowest BCUT2D eigenvalue weighted by molar-refractivity contribution is 0.0943. The van der Waals surface area contributed by atoms with Crippen LogP contribution in [0.15, 0.2) is 69.8 Å². The maximum Gasteiger partial charge on any atom is 0.291 e. The van der Waals surface area contributed by atoms with Crippen LogP contribution in [-0.2, 0) is 19.7 Å². The molecule has 10 heteroatoms. The van der Waals surface area contributed by atoms with Gasteiger partial charge in [0.2, 0.25) is 0 Å². The van der Waals surface area contributed by atoms with Crippen molar-refractivity contribution < 1.29 is 27.9 Å². The first-order chi connectivity index (χ1) is 16.6. The molecule has 0 aliphatic rings. The van der Waals surface area contributed by atoms with Gasteiger partial charge < -0.3 is 28.9 Å². The van der Waals surface area contributed by atoms with E-state index in [0.717, 1.165) is 0 Å². The van der Waals surface area contributed by atoms with Crippen molar-refractivity contribution in [2.45, 2.75) is 26.6 Å². The minimum Gasteiger partial charge on any atom is -0.493 e. The van der Waals surface area contributed by atoms with Gasteiger partial charge in [-0.2, -0.15) is 5.10 Å². The fourth-order valence-electron chi connectivity index (χ4n) is 3.16. The average molecular weight is 464 g/mol. The average Bonchev–Trinajstić information content (AvgIpc) is 3.62. The van der Waals surface area contributed by atoms with Gasteiger partial charge in [0, 0.05) is 12.7 Å². The van der Waals surface area contributed by atoms with Crippen molar-refractivity contribution in [1.82, 2.24) is 15.1 Å². The summed E-state index contributed by atoms with van der Waals surface area (Å²) in [5.74, 6) is 1.33. The van der Waals surface area contributed by atoms with Crippen molar-refractivity contribution in [3.05, 3.63) is 84.0 Å². The van der Waals surface area contributed by atoms with E-state index >= 15 is 0 Å². The van der Waals surface area contributed by atoms with Gasteiger partial charge in [-0.1, -0.05) is 12.1 Å². The van der Waals surface area contributed by atoms with Crippen LogP contribution in [0.2, 0.25) is 0 Å². The zero-order valence-electron chi connectivity index (χ0n) is 18.7. The SMILES string of the molecule is CCn1cc(NC(=O)c2ccc(COc3ccccc3OC)o2)c(C(=O)NCc2ccco2)n1. The zero-order valence-corrected chi connectivity index (χ0v) is 18.7. The summed E-state index contributed by atoms with van der Waals surface area (Å²) < 4.78 is 23.4. The molecule has 0 spiro atoms. The Kier molecular flexibility index (Phi) is 6.97. The Morgan fingerprint density at radius 3 is 2.59 bits per heavy atom. The van der Waals surface area contributed by atoms with E-state index in [2.05, 4.69) is 15.7 Å². The Morgan fingerprint density at radius 1 is 1.03 bits per heavy atom. The van der Waals surface area contributed by atoms with Gasteiger partial charge in [-0.15, -0.1) is 0 Å². The summed E-state index contributed by atoms with van der Waals surface area (Å²) in [5, 5.41) is 9.68. The Balaban J connectivity index is 1.41. The highest BCUT2D eigenvalue weighted by molar-refractivity contribution is 6.07. The van der Waals surface area contributed by atoms with E-state index in [1.165, 1.54) is 12.3 Å². The Morgan fingerprint density at radius 2 is 1.85 bits per heavy atom. The van der Waals surface area contributed by atoms with Crippen molar-refractivity contribution in [1.29, 1.82) is 0 Å². The number of para-hydroxylation sites is 2. The standard InChI is InChI=1S/C24H24N4O6/c1-3-28-14-18(22(27-28)24(30)25-13-16-7-6-12-32-16)26-23(29)21-11-10-17(34-21)15-33-20-9-5-4-8-19(20)31-2/h4-12,14H,3,13,15H2,1-2H3,(H,25,30)(H,26,29). The molecule has 176 valence electrons. The number of amides is 2. The normalized spacial score (nSPS) is 10.6. The smallest absolute Gasteiger partial charge is 0.291 e. The van der Waals surface area contributed by atoms with Gasteiger partial charge >= 0.3 is 0 Å². The molecule has 0 saturated heterocycles. The third-order valence-corrected chi connectivity index (χ3v) is 4.88. The second-order valence-electron chi connectivity index (χ2n) is 7.17. The van der Waals surface area contributed by atoms with Crippen LogP contribution in [-0.4, -0.2) is 28.7 Å². The highest BCUT2D eigenvalue weighted by atomic mass is 16.5. The van der Waals surface area contributed by atoms with Crippen molar-refractivity contribution in [3.8, 4) is 11.5 Å². The van der Waals surface area contributed by atoms with Crippen LogP contribution >= 0.6 is 0 Å². The van der Waals surface area contributed by atoms with Crippen LogP contribution in [0.5, 0.6) is 11.5 Å². The number of hydrogen-bond donors (Lipinski definition) is 2. The molecule has 1 aromatic carbocycles. The predicted octanol–water partition coefficient (Wildman–Crippen LogP) is 3.86. The molecule has 4 rings (SSSR count). The maximum atomic E-state index is 12.8. The molecule has 2 N–H and O–H groups in total. The molecule has 34 heavy (non-hydrogen) atoms. The molecule has 0 fully saturated rings. The number of aryl methyl sites for hydroxylation is 1. The Bertz CT molecular complexity index is 1260. The first-order valence-corrected chi connectivity index (χ1v) is 10.6. The molecule has 0 radical (unpaired) electrons. The third-order valence-electron chi connectivity index (χ3n) is 4.88. The molecule has 0 unspecified atom stereocenters. The Labute approximate surface area is 195 Å². The zero-order chi connectivity index (χ0) is 23.9. The number of hydrogen-bond acceptors (Lipinski definition) is 7. The maximum absolute atomic E-state index is 12.8. The van der Waals surface area contributed by atoms with Crippen molar-refractivity contribution in [2.24, 2.45) is 0 Å². The first-order valence-electron chi connectivity index (χ1n) is 10.6. The number of rotatable bonds is 10. The number of furan rings is 2. The van der Waals surface area contributed by atoms with E-state index in [0.29, 0.717) is 29.6 Å². The molecule has 10 nitrogen and oxygen atoms in total. The van der Waals surface area contributed by atoms with Crippen molar-refractivity contribution >= 4 is 17.5 Å². The van der Waals surface area contributed by atoms with Crippen molar-refractivity contribution in [3.63, 3.8) is 0 Å². The number of nitrogens with zero attached hydrogens (tertiary/aromatic N) is 2. The summed E-state index contributed by atoms with van der Waals surface area (Å²) in [5.41, 5.74) is 0.361. The number of ether oxygens (including phenoxy) is 2. The van der Waals surface area contributed by atoms with Crippen molar-refractivity contribution in [2.75, 3.05) is 12.4 Å². The van der Waals surface area contributed by atoms with E-state index in [-0.39, 0.29) is 30.3 Å². The molecule has 3 heterocycles. The fraction of sp³-hybridized carbons (Fsp3) is 0.208. The largest absolute Gasteiger partial charge is 0.493 e. The molecular weight excluding hydrogens is 440 g/mol. The molecule has 0 aliphatic heterocycles. The highest BCUT2D eigenvalue weighted by Crippen LogP contribution is 2.27. The monoisotopic (exact) mass is 464 g/mol. The number of anilines is 1. The van der Waals surface area contributed by atoms with Gasteiger partial charge in [0.25, 0.3) is 11.8 Å². The van der Waals surface area contributed by atoms with Gasteiger partial charge in [0.05, 0.1) is 25.6 Å². The first kappa shape index (κ1) is 22.7. The van der Waals surface area contributed by atoms with Crippen LogP contribution in [0.4, 0.5) is 5.69 Å². The lowest BCUT2D eigenvalue weighted by atomic mass is 10.3. The lowest BCUT2D eigenvalue weighted by Gasteiger charge is -2.08. The van der Waals surface area contributed by atoms with E-state index in [9.17, 15) is 9.59 Å². The molecule has 0 aliphatic carbocycles. The van der Waals surface area contributed by atoms with Gasteiger partial charge in [-0.25, -0.2) is 0 Å². The summed E-state index contributed by atoms with van der Waals surface area (Å²) >= 11 is 0. The molecule has 4 aromatic rings. The quantitative estimate of drug-likeness (QED) is 0.366. The lowest BCUT2D eigenvalue weighted by Crippen LogP contribution is -2.25. The topological polar surface area (TPSA) is 121 Å². The summed E-state index contributed by atoms with van der Waals surface area (Å²) in [4.78, 5) is 25.4. The number of benzene rings is 1. The van der Waals surface area contributed by atoms with E-state index in [1.54, 1.807) is 48.3 Å². The van der Waals surface area contributed by atoms with Crippen LogP contribution in [0.25, 0.3) is 0 Å². The molecule has 3 aromatic heterocycles. The molecule has 0 bridgehead atoms. The second kappa shape index (κ2) is 10.4. The number of carbonyl (C=O) groups is 2. The third kappa shape index (κ3) is 5.29. The fourth-order valence-corrected chi connectivity index (χ4v) is 3.16. The number of carbonyl (C=O) groups excluding carboxylic acids is 2. The van der Waals surface area contributed by atoms with E-state index in [4.69, 9.17) is 18.3 Å². The van der Waals surface area contributed by atoms with E-state index < -0.39 is 11.8 Å². The summed E-state index contributed by atoms with van der Waals surface area (Å²) in [6.45, 7) is 2.72. The summed E-state index contributed by atoms with van der Waals surface area (Å²) in [6.07, 6.45) is 3.12. The van der Waals surface area contributed by atoms with E-state index in [1.807, 2.05) is 19.1 Å². The summed E-state index contributed by atoms with van der Waals surface area (Å²) in [6, 6.07) is 13.9. The number of methoxy groups -OCH3 is 1. The minimum absolute atomic E-state index is 0.0739. The van der Waals surface area contributed by atoms with Crippen LogP contribution in [0.1, 0.15) is 39.5 Å². The molecule has 0 saturated carbocycles. The minimum atomic E-state index is -0.515. The van der Waals surface area contributed by atoms with Gasteiger partial charge in [-0.05, 0) is 43.3 Å². The number of nitrogens with one attached hydrogen (secondary N) is 2. The highest BCUT2D eigenvalue weighted by Gasteiger charge is 2.21. The molecule has 0 atom stereocenters. The second-order valence-corrected chi connectivity index (χ2v) is 7.17. The Hall–Kier alpha value is -4.47. The van der Waals surface area contributed by atoms with Gasteiger partial charge in [-0.3, -0.25) is 14.3 Å². The van der Waals surface area contributed by atoms with Crippen LogP contribution in [0, 0.1) is 0 Å². The molecular formula is C24H24N4O6. The predicted molar refractivity (Wildman–Crippen MR) is 122 cm³/mol. The molecule has 2 amide bonds. The summed E-state index contributed by atoms with van der Waals surface area (Å²) in [7, 11) is 1.56. The van der Waals surface area contributed by atoms with Crippen LogP contribution in [0.3, 0.4) is 0 Å². The van der Waals surface area contributed by atoms with Gasteiger partial charge in [0.15, 0.2) is 23.0 Å². The van der Waals surface area contributed by atoms with Gasteiger partial charge in [0.1, 0.15) is 18.1 Å².